The van der Waals surface area contributed by atoms with Gasteiger partial charge in [-0.25, -0.2) is 8.42 Å². The second-order valence-electron chi connectivity index (χ2n) is 4.10. The second kappa shape index (κ2) is 6.03. The number of ether oxygens (including phenoxy) is 1. The highest BCUT2D eigenvalue weighted by Crippen LogP contribution is 2.22. The van der Waals surface area contributed by atoms with Gasteiger partial charge in [-0.2, -0.15) is 4.72 Å². The number of nitrogens with two attached hydrogens (primary N) is 1. The monoisotopic (exact) mass is 286 g/mol. The lowest BCUT2D eigenvalue weighted by molar-refractivity contribution is -0.141. The molecule has 0 atom stereocenters. The van der Waals surface area contributed by atoms with Crippen molar-refractivity contribution in [1.29, 1.82) is 0 Å². The van der Waals surface area contributed by atoms with Crippen molar-refractivity contribution in [3.05, 3.63) is 23.3 Å². The number of carbonyl (C=O) groups is 1. The number of hydrogen-bond acceptors (Lipinski definition) is 5. The highest BCUT2D eigenvalue weighted by atomic mass is 32.2. The fraction of sp³-hybridized carbons (Fsp3) is 0.417. The molecule has 1 aromatic carbocycles. The lowest BCUT2D eigenvalue weighted by atomic mass is 10.1. The Morgan fingerprint density at radius 1 is 1.32 bits per heavy atom. The molecule has 19 heavy (non-hydrogen) atoms. The minimum Gasteiger partial charge on any atom is -0.465 e. The molecule has 0 aliphatic rings. The van der Waals surface area contributed by atoms with E-state index in [1.807, 2.05) is 6.92 Å². The van der Waals surface area contributed by atoms with E-state index in [4.69, 9.17) is 5.73 Å². The summed E-state index contributed by atoms with van der Waals surface area (Å²) in [6.45, 7) is 5.07. The molecule has 0 bridgehead atoms. The average molecular weight is 286 g/mol. The predicted octanol–water partition coefficient (Wildman–Crippen LogP) is 0.727. The molecule has 0 unspecified atom stereocenters. The van der Waals surface area contributed by atoms with Gasteiger partial charge in [0.2, 0.25) is 10.0 Å². The lowest BCUT2D eigenvalue weighted by Gasteiger charge is -2.11. The zero-order valence-corrected chi connectivity index (χ0v) is 12.0. The third-order valence-corrected chi connectivity index (χ3v) is 4.08. The van der Waals surface area contributed by atoms with E-state index in [0.717, 1.165) is 11.1 Å². The number of anilines is 1. The van der Waals surface area contributed by atoms with Crippen LogP contribution in [0.1, 0.15) is 18.1 Å². The van der Waals surface area contributed by atoms with Crippen molar-refractivity contribution >= 4 is 21.7 Å². The number of nitrogen functional groups attached to an aromatic ring is 1. The Hall–Kier alpha value is -1.60. The number of sulfonamides is 1. The van der Waals surface area contributed by atoms with Crippen LogP contribution in [0, 0.1) is 13.8 Å². The van der Waals surface area contributed by atoms with E-state index in [9.17, 15) is 13.2 Å². The highest BCUT2D eigenvalue weighted by Gasteiger charge is 2.19. The summed E-state index contributed by atoms with van der Waals surface area (Å²) < 4.78 is 30.9. The number of carbonyl (C=O) groups excluding carboxylic acids is 1. The molecule has 0 aliphatic carbocycles. The van der Waals surface area contributed by atoms with Crippen molar-refractivity contribution in [1.82, 2.24) is 4.72 Å². The summed E-state index contributed by atoms with van der Waals surface area (Å²) in [6.07, 6.45) is 0. The first kappa shape index (κ1) is 15.5. The Bertz CT molecular complexity index is 582. The van der Waals surface area contributed by atoms with Gasteiger partial charge in [0.15, 0.2) is 0 Å². The number of hydrogen-bond donors (Lipinski definition) is 2. The minimum absolute atomic E-state index is 0.0279. The van der Waals surface area contributed by atoms with Crippen molar-refractivity contribution in [2.45, 2.75) is 25.7 Å². The molecule has 0 saturated heterocycles. The third-order valence-electron chi connectivity index (χ3n) is 2.63. The molecule has 0 radical (unpaired) electrons. The van der Waals surface area contributed by atoms with Crippen molar-refractivity contribution in [3.8, 4) is 0 Å². The van der Waals surface area contributed by atoms with E-state index >= 15 is 0 Å². The van der Waals surface area contributed by atoms with Gasteiger partial charge in [-0.1, -0.05) is 0 Å². The van der Waals surface area contributed by atoms with E-state index in [0.29, 0.717) is 0 Å². The van der Waals surface area contributed by atoms with Gasteiger partial charge in [-0.3, -0.25) is 4.79 Å². The van der Waals surface area contributed by atoms with Gasteiger partial charge in [0.05, 0.1) is 12.3 Å². The molecule has 1 rings (SSSR count). The zero-order valence-electron chi connectivity index (χ0n) is 11.2. The molecule has 0 heterocycles. The van der Waals surface area contributed by atoms with Crippen LogP contribution in [0.15, 0.2) is 17.0 Å². The summed E-state index contributed by atoms with van der Waals surface area (Å²) >= 11 is 0. The molecule has 0 aromatic heterocycles. The number of esters is 1. The Balaban J connectivity index is 2.95. The Morgan fingerprint density at radius 2 is 1.89 bits per heavy atom. The van der Waals surface area contributed by atoms with Crippen LogP contribution < -0.4 is 10.5 Å². The maximum Gasteiger partial charge on any atom is 0.321 e. The van der Waals surface area contributed by atoms with Gasteiger partial charge in [-0.15, -0.1) is 0 Å². The smallest absolute Gasteiger partial charge is 0.321 e. The second-order valence-corrected chi connectivity index (χ2v) is 5.84. The van der Waals surface area contributed by atoms with Crippen LogP contribution in [0.25, 0.3) is 0 Å². The molecule has 7 heteroatoms. The van der Waals surface area contributed by atoms with Crippen molar-refractivity contribution in [2.75, 3.05) is 18.9 Å². The standard InChI is InChI=1S/C12H18N2O4S/c1-4-18-12(15)7-14-19(16,17)11-6-9(3)8(2)5-10(11)13/h5-6,14H,4,7,13H2,1-3H3. The topological polar surface area (TPSA) is 98.5 Å². The van der Waals surface area contributed by atoms with Crippen LogP contribution in [0.5, 0.6) is 0 Å². The van der Waals surface area contributed by atoms with Gasteiger partial charge < -0.3 is 10.5 Å². The van der Waals surface area contributed by atoms with E-state index in [1.54, 1.807) is 19.9 Å². The zero-order chi connectivity index (χ0) is 14.6. The van der Waals surface area contributed by atoms with Crippen LogP contribution >= 0.6 is 0 Å². The first-order valence-corrected chi connectivity index (χ1v) is 7.28. The van der Waals surface area contributed by atoms with Gasteiger partial charge in [0.25, 0.3) is 0 Å². The molecule has 0 amide bonds. The van der Waals surface area contributed by atoms with Crippen LogP contribution in [0.4, 0.5) is 5.69 Å². The summed E-state index contributed by atoms with van der Waals surface area (Å²) in [7, 11) is -3.82. The molecule has 0 aliphatic heterocycles. The van der Waals surface area contributed by atoms with E-state index in [-0.39, 0.29) is 17.2 Å². The van der Waals surface area contributed by atoms with Crippen LogP contribution in [0.3, 0.4) is 0 Å². The Morgan fingerprint density at radius 3 is 2.47 bits per heavy atom. The fourth-order valence-corrected chi connectivity index (χ4v) is 2.65. The predicted molar refractivity (Wildman–Crippen MR) is 72.1 cm³/mol. The molecule has 106 valence electrons. The van der Waals surface area contributed by atoms with Gasteiger partial charge >= 0.3 is 5.97 Å². The minimum atomic E-state index is -3.82. The van der Waals surface area contributed by atoms with Crippen LogP contribution in [0.2, 0.25) is 0 Å². The number of aryl methyl sites for hydroxylation is 2. The quantitative estimate of drug-likeness (QED) is 0.614. The third kappa shape index (κ3) is 3.93. The van der Waals surface area contributed by atoms with Crippen molar-refractivity contribution < 1.29 is 17.9 Å². The highest BCUT2D eigenvalue weighted by molar-refractivity contribution is 7.89. The number of nitrogens with one attached hydrogen (secondary N) is 1. The first-order valence-electron chi connectivity index (χ1n) is 5.80. The van der Waals surface area contributed by atoms with Crippen molar-refractivity contribution in [2.24, 2.45) is 0 Å². The molecular formula is C12H18N2O4S. The Kier molecular flexibility index (Phi) is 4.90. The molecule has 0 fully saturated rings. The fourth-order valence-electron chi connectivity index (χ4n) is 1.49. The normalized spacial score (nSPS) is 11.3. The first-order chi connectivity index (χ1) is 8.77. The summed E-state index contributed by atoms with van der Waals surface area (Å²) in [5, 5.41) is 0. The molecule has 3 N–H and O–H groups in total. The molecule has 0 saturated carbocycles. The summed E-state index contributed by atoms with van der Waals surface area (Å²) in [5.74, 6) is -0.631. The van der Waals surface area contributed by atoms with E-state index in [1.165, 1.54) is 6.07 Å². The summed E-state index contributed by atoms with van der Waals surface area (Å²) in [6, 6.07) is 3.08. The number of rotatable bonds is 5. The number of benzene rings is 1. The largest absolute Gasteiger partial charge is 0.465 e. The van der Waals surface area contributed by atoms with Gasteiger partial charge in [-0.05, 0) is 44.0 Å². The van der Waals surface area contributed by atoms with Crippen LogP contribution in [-0.4, -0.2) is 27.5 Å². The van der Waals surface area contributed by atoms with Crippen LogP contribution in [-0.2, 0) is 19.6 Å². The maximum absolute atomic E-state index is 12.0. The average Bonchev–Trinajstić information content (AvgIpc) is 2.31. The van der Waals surface area contributed by atoms with E-state index < -0.39 is 22.5 Å². The van der Waals surface area contributed by atoms with Gasteiger partial charge in [0.1, 0.15) is 11.4 Å². The maximum atomic E-state index is 12.0. The molecule has 1 aromatic rings. The summed E-state index contributed by atoms with van der Waals surface area (Å²) in [5.41, 5.74) is 7.57. The molecule has 6 nitrogen and oxygen atoms in total. The lowest BCUT2D eigenvalue weighted by Crippen LogP contribution is -2.31. The van der Waals surface area contributed by atoms with Crippen molar-refractivity contribution in [3.63, 3.8) is 0 Å². The van der Waals surface area contributed by atoms with E-state index in [2.05, 4.69) is 9.46 Å². The van der Waals surface area contributed by atoms with Gasteiger partial charge in [0, 0.05) is 0 Å². The SMILES string of the molecule is CCOC(=O)CNS(=O)(=O)c1cc(C)c(C)cc1N. The summed E-state index contributed by atoms with van der Waals surface area (Å²) in [4.78, 5) is 11.1. The molecule has 0 spiro atoms. The Labute approximate surface area is 113 Å². The molecular weight excluding hydrogens is 268 g/mol.